The smallest absolute Gasteiger partial charge is 0.311 e. The normalized spacial score (nSPS) is 32.7. The number of rotatable bonds is 5. The molecule has 104 valence electrons. The van der Waals surface area contributed by atoms with Crippen molar-refractivity contribution >= 4 is 5.97 Å². The summed E-state index contributed by atoms with van der Waals surface area (Å²) in [7, 11) is 0. The van der Waals surface area contributed by atoms with Crippen LogP contribution in [0.15, 0.2) is 0 Å². The van der Waals surface area contributed by atoms with Crippen molar-refractivity contribution in [3.8, 4) is 0 Å². The van der Waals surface area contributed by atoms with E-state index in [1.165, 1.54) is 12.8 Å². The Morgan fingerprint density at radius 3 is 2.78 bits per heavy atom. The van der Waals surface area contributed by atoms with Crippen LogP contribution in [0.3, 0.4) is 0 Å². The van der Waals surface area contributed by atoms with Crippen LogP contribution in [0.2, 0.25) is 0 Å². The van der Waals surface area contributed by atoms with Crippen LogP contribution in [0.1, 0.15) is 52.9 Å². The molecule has 18 heavy (non-hydrogen) atoms. The van der Waals surface area contributed by atoms with Crippen molar-refractivity contribution < 1.29 is 9.90 Å². The summed E-state index contributed by atoms with van der Waals surface area (Å²) >= 11 is 0. The van der Waals surface area contributed by atoms with Gasteiger partial charge in [-0.2, -0.15) is 0 Å². The first-order chi connectivity index (χ1) is 8.39. The minimum atomic E-state index is -0.553. The summed E-state index contributed by atoms with van der Waals surface area (Å²) in [6.07, 6.45) is 5.46. The van der Waals surface area contributed by atoms with Crippen LogP contribution in [0.25, 0.3) is 0 Å². The molecule has 0 bridgehead atoms. The summed E-state index contributed by atoms with van der Waals surface area (Å²) < 4.78 is 0. The van der Waals surface area contributed by atoms with Gasteiger partial charge in [0, 0.05) is 13.1 Å². The third kappa shape index (κ3) is 2.42. The Hall–Kier alpha value is -0.570. The van der Waals surface area contributed by atoms with Crippen LogP contribution in [0, 0.1) is 16.7 Å². The second-order valence-electron chi connectivity index (χ2n) is 7.05. The van der Waals surface area contributed by atoms with Crippen LogP contribution >= 0.6 is 0 Å². The summed E-state index contributed by atoms with van der Waals surface area (Å²) in [6.45, 7) is 9.69. The number of hydrogen-bond acceptors (Lipinski definition) is 2. The van der Waals surface area contributed by atoms with Crippen LogP contribution < -0.4 is 0 Å². The number of carbonyl (C=O) groups is 1. The van der Waals surface area contributed by atoms with Crippen molar-refractivity contribution in [2.75, 3.05) is 19.6 Å². The fourth-order valence-electron chi connectivity index (χ4n) is 3.55. The van der Waals surface area contributed by atoms with Crippen molar-refractivity contribution in [3.05, 3.63) is 0 Å². The van der Waals surface area contributed by atoms with Gasteiger partial charge in [0.05, 0.1) is 5.41 Å². The van der Waals surface area contributed by atoms with E-state index >= 15 is 0 Å². The van der Waals surface area contributed by atoms with E-state index in [0.717, 1.165) is 38.9 Å². The quantitative estimate of drug-likeness (QED) is 0.819. The standard InChI is InChI=1S/C15H27NO2/c1-4-14(2,3)8-9-16-10-12-6-5-7-15(12,11-16)13(17)18/h12H,4-11H2,1-3H3,(H,17,18)/t12-,15+/m0/s1. The van der Waals surface area contributed by atoms with Gasteiger partial charge in [-0.15, -0.1) is 0 Å². The maximum atomic E-state index is 11.6. The van der Waals surface area contributed by atoms with Crippen LogP contribution in [0.5, 0.6) is 0 Å². The lowest BCUT2D eigenvalue weighted by Gasteiger charge is -2.27. The molecule has 2 rings (SSSR count). The SMILES string of the molecule is CCC(C)(C)CCN1C[C@@H]2CCC[C@@]2(C(=O)O)C1. The molecule has 1 heterocycles. The van der Waals surface area contributed by atoms with E-state index in [4.69, 9.17) is 0 Å². The summed E-state index contributed by atoms with van der Waals surface area (Å²) in [5, 5.41) is 9.54. The molecule has 1 aliphatic carbocycles. The van der Waals surface area contributed by atoms with Gasteiger partial charge in [-0.1, -0.05) is 33.6 Å². The Balaban J connectivity index is 1.94. The number of fused-ring (bicyclic) bond motifs is 1. The molecule has 1 saturated heterocycles. The number of carboxylic acid groups (broad SMARTS) is 1. The average Bonchev–Trinajstić information content (AvgIpc) is 2.83. The van der Waals surface area contributed by atoms with Gasteiger partial charge in [0.1, 0.15) is 0 Å². The van der Waals surface area contributed by atoms with Gasteiger partial charge in [0.25, 0.3) is 0 Å². The molecule has 0 aromatic heterocycles. The molecule has 2 aliphatic rings. The summed E-state index contributed by atoms with van der Waals surface area (Å²) in [4.78, 5) is 14.0. The van der Waals surface area contributed by atoms with E-state index in [2.05, 4.69) is 25.7 Å². The van der Waals surface area contributed by atoms with Gasteiger partial charge in [0.15, 0.2) is 0 Å². The van der Waals surface area contributed by atoms with E-state index in [-0.39, 0.29) is 0 Å². The lowest BCUT2D eigenvalue weighted by molar-refractivity contribution is -0.149. The zero-order valence-corrected chi connectivity index (χ0v) is 12.0. The molecule has 1 N–H and O–H groups in total. The molecule has 1 aliphatic heterocycles. The summed E-state index contributed by atoms with van der Waals surface area (Å²) in [5.41, 5.74) is -0.0234. The molecule has 0 unspecified atom stereocenters. The second kappa shape index (κ2) is 4.84. The zero-order valence-electron chi connectivity index (χ0n) is 12.0. The Kier molecular flexibility index (Phi) is 3.72. The number of nitrogens with zero attached hydrogens (tertiary/aromatic N) is 1. The Labute approximate surface area is 111 Å². The van der Waals surface area contributed by atoms with Gasteiger partial charge < -0.3 is 10.0 Å². The third-order valence-electron chi connectivity index (χ3n) is 5.43. The molecule has 3 heteroatoms. The molecule has 0 aromatic carbocycles. The molecular weight excluding hydrogens is 226 g/mol. The lowest BCUT2D eigenvalue weighted by atomic mass is 9.81. The fourth-order valence-corrected chi connectivity index (χ4v) is 3.55. The Morgan fingerprint density at radius 1 is 1.50 bits per heavy atom. The third-order valence-corrected chi connectivity index (χ3v) is 5.43. The number of likely N-dealkylation sites (tertiary alicyclic amines) is 1. The molecule has 2 fully saturated rings. The van der Waals surface area contributed by atoms with Gasteiger partial charge in [0.2, 0.25) is 0 Å². The van der Waals surface area contributed by atoms with E-state index in [1.807, 2.05) is 0 Å². The van der Waals surface area contributed by atoms with Crippen LogP contribution in [-0.2, 0) is 4.79 Å². The number of aliphatic carboxylic acids is 1. The molecule has 0 spiro atoms. The summed E-state index contributed by atoms with van der Waals surface area (Å²) in [5.74, 6) is -0.151. The molecular formula is C15H27NO2. The van der Waals surface area contributed by atoms with Gasteiger partial charge in [-0.05, 0) is 37.1 Å². The second-order valence-corrected chi connectivity index (χ2v) is 7.05. The Morgan fingerprint density at radius 2 is 2.22 bits per heavy atom. The van der Waals surface area contributed by atoms with Gasteiger partial charge >= 0.3 is 5.97 Å². The first kappa shape index (κ1) is 13.9. The van der Waals surface area contributed by atoms with E-state index < -0.39 is 11.4 Å². The van der Waals surface area contributed by atoms with Crippen LogP contribution in [-0.4, -0.2) is 35.6 Å². The van der Waals surface area contributed by atoms with E-state index in [1.54, 1.807) is 0 Å². The van der Waals surface area contributed by atoms with Gasteiger partial charge in [-0.3, -0.25) is 4.79 Å². The first-order valence-electron chi connectivity index (χ1n) is 7.35. The summed E-state index contributed by atoms with van der Waals surface area (Å²) in [6, 6.07) is 0. The molecule has 0 radical (unpaired) electrons. The highest BCUT2D eigenvalue weighted by Crippen LogP contribution is 2.49. The van der Waals surface area contributed by atoms with Crippen molar-refractivity contribution in [1.82, 2.24) is 4.90 Å². The van der Waals surface area contributed by atoms with Crippen molar-refractivity contribution in [1.29, 1.82) is 0 Å². The van der Waals surface area contributed by atoms with Crippen molar-refractivity contribution in [2.45, 2.75) is 52.9 Å². The minimum Gasteiger partial charge on any atom is -0.481 e. The van der Waals surface area contributed by atoms with Crippen molar-refractivity contribution in [3.63, 3.8) is 0 Å². The first-order valence-corrected chi connectivity index (χ1v) is 7.35. The molecule has 0 amide bonds. The number of hydrogen-bond donors (Lipinski definition) is 1. The molecule has 3 nitrogen and oxygen atoms in total. The zero-order chi connectivity index (χ0) is 13.4. The minimum absolute atomic E-state index is 0.383. The molecule has 2 atom stereocenters. The molecule has 1 saturated carbocycles. The van der Waals surface area contributed by atoms with Crippen LogP contribution in [0.4, 0.5) is 0 Å². The molecule has 0 aromatic rings. The largest absolute Gasteiger partial charge is 0.481 e. The van der Waals surface area contributed by atoms with Crippen molar-refractivity contribution in [2.24, 2.45) is 16.7 Å². The average molecular weight is 253 g/mol. The maximum absolute atomic E-state index is 11.6. The topological polar surface area (TPSA) is 40.5 Å². The highest BCUT2D eigenvalue weighted by atomic mass is 16.4. The monoisotopic (exact) mass is 253 g/mol. The lowest BCUT2D eigenvalue weighted by Crippen LogP contribution is -2.36. The fraction of sp³-hybridized carbons (Fsp3) is 0.933. The van der Waals surface area contributed by atoms with Gasteiger partial charge in [-0.25, -0.2) is 0 Å². The predicted molar refractivity (Wildman–Crippen MR) is 72.5 cm³/mol. The highest BCUT2D eigenvalue weighted by molar-refractivity contribution is 5.76. The Bertz CT molecular complexity index is 326. The highest BCUT2D eigenvalue weighted by Gasteiger charge is 2.54. The predicted octanol–water partition coefficient (Wildman–Crippen LogP) is 3.00. The van der Waals surface area contributed by atoms with E-state index in [0.29, 0.717) is 11.3 Å². The maximum Gasteiger partial charge on any atom is 0.311 e. The van der Waals surface area contributed by atoms with E-state index in [9.17, 15) is 9.90 Å². The number of carboxylic acids is 1.